The maximum Gasteiger partial charge on any atom is 0.233 e. The molecule has 1 unspecified atom stereocenters. The van der Waals surface area contributed by atoms with Crippen LogP contribution in [0.5, 0.6) is 0 Å². The maximum atomic E-state index is 11.9. The Bertz CT molecular complexity index is 416. The minimum absolute atomic E-state index is 0.194. The first-order chi connectivity index (χ1) is 8.59. The van der Waals surface area contributed by atoms with Crippen molar-refractivity contribution >= 4 is 17.7 Å². The lowest BCUT2D eigenvalue weighted by Crippen LogP contribution is -2.31. The molecule has 1 aromatic heterocycles. The Morgan fingerprint density at radius 3 is 2.89 bits per heavy atom. The number of amides is 1. The van der Waals surface area contributed by atoms with Crippen LogP contribution in [0.1, 0.15) is 17.5 Å². The van der Waals surface area contributed by atoms with Gasteiger partial charge in [0.1, 0.15) is 5.37 Å². The van der Waals surface area contributed by atoms with E-state index in [4.69, 9.17) is 0 Å². The molecular weight excluding hydrogens is 246 g/mol. The van der Waals surface area contributed by atoms with Gasteiger partial charge in [0.15, 0.2) is 0 Å². The second kappa shape index (κ2) is 5.80. The van der Waals surface area contributed by atoms with Gasteiger partial charge in [-0.3, -0.25) is 4.79 Å². The number of hydrogen-bond acceptors (Lipinski definition) is 3. The molecule has 1 atom stereocenters. The molecule has 1 fully saturated rings. The van der Waals surface area contributed by atoms with Crippen LogP contribution >= 0.6 is 11.8 Å². The fraction of sp³-hybridized carbons (Fsp3) is 0.615. The van der Waals surface area contributed by atoms with Crippen LogP contribution in [0.2, 0.25) is 0 Å². The summed E-state index contributed by atoms with van der Waals surface area (Å²) in [6.07, 6.45) is 3.07. The second-order valence-corrected chi connectivity index (χ2v) is 6.02. The standard InChI is InChI=1S/C13H21N3OS/c1-14(2)7-5-9-16-12(17)10-18-13(16)11-6-4-8-15(11)3/h4,6,8,13H,5,7,9-10H2,1-3H3. The van der Waals surface area contributed by atoms with Crippen LogP contribution in [0.25, 0.3) is 0 Å². The van der Waals surface area contributed by atoms with E-state index in [2.05, 4.69) is 29.6 Å². The smallest absolute Gasteiger partial charge is 0.233 e. The van der Waals surface area contributed by atoms with Crippen LogP contribution < -0.4 is 0 Å². The van der Waals surface area contributed by atoms with Gasteiger partial charge < -0.3 is 14.4 Å². The zero-order valence-electron chi connectivity index (χ0n) is 11.3. The Balaban J connectivity index is 2.02. The van der Waals surface area contributed by atoms with Gasteiger partial charge in [-0.1, -0.05) is 0 Å². The zero-order valence-corrected chi connectivity index (χ0v) is 12.1. The van der Waals surface area contributed by atoms with Gasteiger partial charge in [0.2, 0.25) is 5.91 Å². The molecule has 1 aliphatic rings. The van der Waals surface area contributed by atoms with E-state index in [1.165, 1.54) is 5.69 Å². The van der Waals surface area contributed by atoms with Crippen LogP contribution in [0.15, 0.2) is 18.3 Å². The highest BCUT2D eigenvalue weighted by atomic mass is 32.2. The van der Waals surface area contributed by atoms with Crippen molar-refractivity contribution in [3.63, 3.8) is 0 Å². The molecule has 1 amide bonds. The number of carbonyl (C=O) groups excluding carboxylic acids is 1. The van der Waals surface area contributed by atoms with E-state index in [1.54, 1.807) is 11.8 Å². The summed E-state index contributed by atoms with van der Waals surface area (Å²) in [5, 5.41) is 0.194. The minimum atomic E-state index is 0.194. The predicted octanol–water partition coefficient (Wildman–Crippen LogP) is 1.55. The first-order valence-corrected chi connectivity index (χ1v) is 7.31. The highest BCUT2D eigenvalue weighted by Crippen LogP contribution is 2.38. The van der Waals surface area contributed by atoms with Gasteiger partial charge in [0, 0.05) is 19.8 Å². The van der Waals surface area contributed by atoms with Crippen LogP contribution in [-0.4, -0.2) is 53.2 Å². The number of carbonyl (C=O) groups is 1. The van der Waals surface area contributed by atoms with E-state index in [0.717, 1.165) is 19.5 Å². The number of rotatable bonds is 5. The maximum absolute atomic E-state index is 11.9. The summed E-state index contributed by atoms with van der Waals surface area (Å²) in [5.74, 6) is 0.877. The second-order valence-electron chi connectivity index (χ2n) is 4.95. The van der Waals surface area contributed by atoms with Crippen LogP contribution in [0.3, 0.4) is 0 Å². The Hall–Kier alpha value is -0.940. The molecule has 0 N–H and O–H groups in total. The molecule has 5 heteroatoms. The van der Waals surface area contributed by atoms with Crippen molar-refractivity contribution in [2.45, 2.75) is 11.8 Å². The monoisotopic (exact) mass is 267 g/mol. The summed E-state index contributed by atoms with van der Waals surface area (Å²) >= 11 is 1.73. The predicted molar refractivity (Wildman–Crippen MR) is 75.5 cm³/mol. The quantitative estimate of drug-likeness (QED) is 0.810. The molecule has 1 aliphatic heterocycles. The Labute approximate surface area is 113 Å². The molecule has 0 radical (unpaired) electrons. The van der Waals surface area contributed by atoms with E-state index >= 15 is 0 Å². The molecule has 0 saturated carbocycles. The van der Waals surface area contributed by atoms with E-state index in [9.17, 15) is 4.79 Å². The third kappa shape index (κ3) is 2.90. The highest BCUT2D eigenvalue weighted by Gasteiger charge is 2.33. The largest absolute Gasteiger partial charge is 0.352 e. The van der Waals surface area contributed by atoms with Crippen molar-refractivity contribution in [1.82, 2.24) is 14.4 Å². The molecule has 1 saturated heterocycles. The van der Waals surface area contributed by atoms with Crippen LogP contribution in [-0.2, 0) is 11.8 Å². The topological polar surface area (TPSA) is 28.5 Å². The first kappa shape index (κ1) is 13.5. The third-order valence-electron chi connectivity index (χ3n) is 3.21. The number of aryl methyl sites for hydroxylation is 1. The first-order valence-electron chi connectivity index (χ1n) is 6.26. The minimum Gasteiger partial charge on any atom is -0.352 e. The normalized spacial score (nSPS) is 20.1. The van der Waals surface area contributed by atoms with Gasteiger partial charge in [0.05, 0.1) is 11.4 Å². The molecule has 0 aromatic carbocycles. The van der Waals surface area contributed by atoms with E-state index in [0.29, 0.717) is 5.75 Å². The van der Waals surface area contributed by atoms with Gasteiger partial charge in [-0.15, -0.1) is 11.8 Å². The summed E-state index contributed by atoms with van der Waals surface area (Å²) < 4.78 is 2.11. The Kier molecular flexibility index (Phi) is 4.35. The van der Waals surface area contributed by atoms with Gasteiger partial charge in [-0.25, -0.2) is 0 Å². The van der Waals surface area contributed by atoms with Crippen molar-refractivity contribution in [3.8, 4) is 0 Å². The summed E-state index contributed by atoms with van der Waals surface area (Å²) in [6, 6.07) is 4.14. The SMILES string of the molecule is CN(C)CCCN1C(=O)CSC1c1cccn1C. The number of nitrogens with zero attached hydrogens (tertiary/aromatic N) is 3. The molecule has 0 spiro atoms. The van der Waals surface area contributed by atoms with Crippen molar-refractivity contribution in [1.29, 1.82) is 0 Å². The lowest BCUT2D eigenvalue weighted by atomic mass is 10.3. The molecule has 100 valence electrons. The Morgan fingerprint density at radius 1 is 1.50 bits per heavy atom. The summed E-state index contributed by atoms with van der Waals surface area (Å²) in [6.45, 7) is 1.87. The summed E-state index contributed by atoms with van der Waals surface area (Å²) in [5.41, 5.74) is 1.22. The molecule has 0 aliphatic carbocycles. The average Bonchev–Trinajstić information content (AvgIpc) is 2.86. The van der Waals surface area contributed by atoms with Gasteiger partial charge in [-0.2, -0.15) is 0 Å². The fourth-order valence-corrected chi connectivity index (χ4v) is 3.51. The number of aromatic nitrogens is 1. The van der Waals surface area contributed by atoms with Crippen LogP contribution in [0, 0.1) is 0 Å². The lowest BCUT2D eigenvalue weighted by Gasteiger charge is -2.25. The molecule has 0 bridgehead atoms. The molecule has 2 rings (SSSR count). The van der Waals surface area contributed by atoms with E-state index in [-0.39, 0.29) is 11.3 Å². The molecule has 4 nitrogen and oxygen atoms in total. The van der Waals surface area contributed by atoms with Crippen LogP contribution in [0.4, 0.5) is 0 Å². The number of thioether (sulfide) groups is 1. The van der Waals surface area contributed by atoms with Gasteiger partial charge in [0.25, 0.3) is 0 Å². The number of hydrogen-bond donors (Lipinski definition) is 0. The van der Waals surface area contributed by atoms with Crippen molar-refractivity contribution < 1.29 is 4.79 Å². The zero-order chi connectivity index (χ0) is 13.1. The van der Waals surface area contributed by atoms with Gasteiger partial charge >= 0.3 is 0 Å². The van der Waals surface area contributed by atoms with Gasteiger partial charge in [-0.05, 0) is 39.2 Å². The lowest BCUT2D eigenvalue weighted by molar-refractivity contribution is -0.128. The van der Waals surface area contributed by atoms with E-state index in [1.807, 2.05) is 24.2 Å². The Morgan fingerprint density at radius 2 is 2.28 bits per heavy atom. The van der Waals surface area contributed by atoms with Crippen molar-refractivity contribution in [3.05, 3.63) is 24.0 Å². The summed E-state index contributed by atoms with van der Waals surface area (Å²) in [4.78, 5) is 16.1. The molecule has 1 aromatic rings. The van der Waals surface area contributed by atoms with E-state index < -0.39 is 0 Å². The molecule has 2 heterocycles. The molecule has 18 heavy (non-hydrogen) atoms. The summed E-state index contributed by atoms with van der Waals surface area (Å²) in [7, 11) is 6.17. The van der Waals surface area contributed by atoms with Crippen molar-refractivity contribution in [2.75, 3.05) is 32.9 Å². The van der Waals surface area contributed by atoms with Crippen molar-refractivity contribution in [2.24, 2.45) is 7.05 Å². The highest BCUT2D eigenvalue weighted by molar-refractivity contribution is 8.00. The third-order valence-corrected chi connectivity index (χ3v) is 4.43. The molecular formula is C13H21N3OS. The fourth-order valence-electron chi connectivity index (χ4n) is 2.23. The average molecular weight is 267 g/mol.